The summed E-state index contributed by atoms with van der Waals surface area (Å²) in [4.78, 5) is 12.8. The minimum atomic E-state index is -0.667. The summed E-state index contributed by atoms with van der Waals surface area (Å²) >= 11 is 0. The molecule has 154 valence electrons. The second kappa shape index (κ2) is 8.64. The molecule has 10 heteroatoms. The molecule has 0 amide bonds. The quantitative estimate of drug-likeness (QED) is 0.508. The van der Waals surface area contributed by atoms with Crippen molar-refractivity contribution < 1.29 is 9.13 Å². The fourth-order valence-electron chi connectivity index (χ4n) is 3.06. The maximum Gasteiger partial charge on any atom is 0.221 e. The van der Waals surface area contributed by atoms with Crippen LogP contribution in [0, 0.1) is 17.1 Å². The van der Waals surface area contributed by atoms with Crippen molar-refractivity contribution >= 4 is 5.95 Å². The Bertz CT molecular complexity index is 1280. The number of ether oxygens (including phenoxy) is 1. The lowest BCUT2D eigenvalue weighted by molar-refractivity contribution is 0.181. The van der Waals surface area contributed by atoms with Crippen LogP contribution in [0.3, 0.4) is 0 Å². The van der Waals surface area contributed by atoms with Gasteiger partial charge >= 0.3 is 0 Å². The number of rotatable bonds is 6. The van der Waals surface area contributed by atoms with E-state index in [1.54, 1.807) is 30.1 Å². The third kappa shape index (κ3) is 4.36. The first-order valence-corrected chi connectivity index (χ1v) is 9.25. The molecule has 3 heterocycles. The van der Waals surface area contributed by atoms with Crippen molar-refractivity contribution in [1.29, 1.82) is 5.26 Å². The number of nitrogen functional groups attached to an aromatic ring is 1. The molecule has 1 aromatic carbocycles. The summed E-state index contributed by atoms with van der Waals surface area (Å²) in [7, 11) is 1.61. The van der Waals surface area contributed by atoms with Gasteiger partial charge in [0.05, 0.1) is 47.7 Å². The van der Waals surface area contributed by atoms with E-state index in [-0.39, 0.29) is 22.8 Å². The molecule has 0 unspecified atom stereocenters. The predicted octanol–water partition coefficient (Wildman–Crippen LogP) is 2.58. The third-order valence-corrected chi connectivity index (χ3v) is 4.42. The number of halogens is 1. The van der Waals surface area contributed by atoms with Crippen LogP contribution in [0.4, 0.5) is 10.3 Å². The Balaban J connectivity index is 1.64. The van der Waals surface area contributed by atoms with Crippen LogP contribution in [-0.4, -0.2) is 37.1 Å². The van der Waals surface area contributed by atoms with Gasteiger partial charge in [-0.25, -0.2) is 19.0 Å². The summed E-state index contributed by atoms with van der Waals surface area (Å²) in [5, 5.41) is 17.3. The van der Waals surface area contributed by atoms with E-state index in [0.717, 1.165) is 11.4 Å². The number of hydrogen-bond acceptors (Lipinski definition) is 8. The number of methoxy groups -OCH3 is 1. The Morgan fingerprint density at radius 2 is 1.84 bits per heavy atom. The third-order valence-electron chi connectivity index (χ3n) is 4.42. The molecule has 0 atom stereocenters. The number of benzene rings is 1. The van der Waals surface area contributed by atoms with Crippen molar-refractivity contribution in [3.05, 3.63) is 71.4 Å². The molecule has 9 nitrogen and oxygen atoms in total. The summed E-state index contributed by atoms with van der Waals surface area (Å²) in [6.07, 6.45) is 1.69. The standard InChI is InChI=1S/C21H17FN8O/c1-31-12-15-6-3-5-14(25-15)10-30-11-19(28-29-30)18-8-17(26-21(24)27-18)16-7-2-4-13(9-23)20(16)22/h2-8,11H,10,12H2,1H3,(H2,24,26,27). The average Bonchev–Trinajstić information content (AvgIpc) is 3.22. The Morgan fingerprint density at radius 3 is 2.65 bits per heavy atom. The highest BCUT2D eigenvalue weighted by Crippen LogP contribution is 2.27. The fourth-order valence-corrected chi connectivity index (χ4v) is 3.06. The van der Waals surface area contributed by atoms with E-state index in [1.807, 2.05) is 24.3 Å². The number of aromatic nitrogens is 6. The lowest BCUT2D eigenvalue weighted by atomic mass is 10.1. The monoisotopic (exact) mass is 416 g/mol. The van der Waals surface area contributed by atoms with E-state index in [9.17, 15) is 4.39 Å². The molecule has 0 saturated carbocycles. The summed E-state index contributed by atoms with van der Waals surface area (Å²) in [5.74, 6) is -0.711. The van der Waals surface area contributed by atoms with Gasteiger partial charge in [-0.3, -0.25) is 4.98 Å². The molecule has 2 N–H and O–H groups in total. The largest absolute Gasteiger partial charge is 0.378 e. The van der Waals surface area contributed by atoms with Crippen LogP contribution in [-0.2, 0) is 17.9 Å². The van der Waals surface area contributed by atoms with E-state index in [4.69, 9.17) is 15.7 Å². The van der Waals surface area contributed by atoms with E-state index in [2.05, 4.69) is 25.3 Å². The zero-order valence-corrected chi connectivity index (χ0v) is 16.5. The molecular formula is C21H17FN8O. The first-order valence-electron chi connectivity index (χ1n) is 9.25. The average molecular weight is 416 g/mol. The second-order valence-electron chi connectivity index (χ2n) is 6.63. The van der Waals surface area contributed by atoms with E-state index in [1.165, 1.54) is 12.1 Å². The minimum absolute atomic E-state index is 0.0438. The van der Waals surface area contributed by atoms with Crippen molar-refractivity contribution in [2.24, 2.45) is 0 Å². The molecular weight excluding hydrogens is 399 g/mol. The summed E-state index contributed by atoms with van der Waals surface area (Å²) in [5.41, 5.74) is 8.61. The van der Waals surface area contributed by atoms with E-state index in [0.29, 0.717) is 24.5 Å². The second-order valence-corrected chi connectivity index (χ2v) is 6.63. The van der Waals surface area contributed by atoms with Gasteiger partial charge in [-0.1, -0.05) is 17.3 Å². The molecule has 0 bridgehead atoms. The molecule has 0 aliphatic rings. The highest BCUT2D eigenvalue weighted by molar-refractivity contribution is 5.68. The zero-order valence-electron chi connectivity index (χ0n) is 16.5. The lowest BCUT2D eigenvalue weighted by Gasteiger charge is -2.06. The van der Waals surface area contributed by atoms with Gasteiger partial charge in [0.15, 0.2) is 0 Å². The number of nitrogens with zero attached hydrogens (tertiary/aromatic N) is 7. The Labute approximate surface area is 177 Å². The molecule has 4 rings (SSSR count). The van der Waals surface area contributed by atoms with Crippen LogP contribution >= 0.6 is 0 Å². The number of nitriles is 1. The predicted molar refractivity (Wildman–Crippen MR) is 110 cm³/mol. The van der Waals surface area contributed by atoms with Gasteiger partial charge in [0, 0.05) is 12.7 Å². The number of hydrogen-bond donors (Lipinski definition) is 1. The van der Waals surface area contributed by atoms with Gasteiger partial charge in [-0.15, -0.1) is 5.10 Å². The zero-order chi connectivity index (χ0) is 21.8. The molecule has 0 radical (unpaired) electrons. The highest BCUT2D eigenvalue weighted by atomic mass is 19.1. The smallest absolute Gasteiger partial charge is 0.221 e. The number of pyridine rings is 1. The van der Waals surface area contributed by atoms with Crippen LogP contribution in [0.2, 0.25) is 0 Å². The van der Waals surface area contributed by atoms with Crippen molar-refractivity contribution in [3.8, 4) is 28.7 Å². The summed E-state index contributed by atoms with van der Waals surface area (Å²) in [6.45, 7) is 0.819. The molecule has 31 heavy (non-hydrogen) atoms. The van der Waals surface area contributed by atoms with Gasteiger partial charge in [-0.05, 0) is 30.3 Å². The van der Waals surface area contributed by atoms with Gasteiger partial charge in [0.1, 0.15) is 17.6 Å². The van der Waals surface area contributed by atoms with Gasteiger partial charge in [0.2, 0.25) is 5.95 Å². The molecule has 4 aromatic rings. The molecule has 0 aliphatic heterocycles. The van der Waals surface area contributed by atoms with Crippen LogP contribution < -0.4 is 5.73 Å². The molecule has 3 aromatic heterocycles. The molecule has 0 aliphatic carbocycles. The normalized spacial score (nSPS) is 10.7. The van der Waals surface area contributed by atoms with Crippen molar-refractivity contribution in [1.82, 2.24) is 29.9 Å². The minimum Gasteiger partial charge on any atom is -0.378 e. The van der Waals surface area contributed by atoms with Crippen molar-refractivity contribution in [3.63, 3.8) is 0 Å². The van der Waals surface area contributed by atoms with Crippen LogP contribution in [0.1, 0.15) is 17.0 Å². The topological polar surface area (TPSA) is 128 Å². The van der Waals surface area contributed by atoms with Crippen LogP contribution in [0.15, 0.2) is 48.7 Å². The SMILES string of the molecule is COCc1cccc(Cn2cc(-c3cc(-c4cccc(C#N)c4F)nc(N)n3)nn2)n1. The number of anilines is 1. The Hall–Kier alpha value is -4.23. The molecule has 0 saturated heterocycles. The first-order chi connectivity index (χ1) is 15.1. The van der Waals surface area contributed by atoms with Crippen LogP contribution in [0.25, 0.3) is 22.6 Å². The maximum absolute atomic E-state index is 14.6. The van der Waals surface area contributed by atoms with Crippen molar-refractivity contribution in [2.45, 2.75) is 13.2 Å². The maximum atomic E-state index is 14.6. The van der Waals surface area contributed by atoms with Crippen LogP contribution in [0.5, 0.6) is 0 Å². The molecule has 0 fully saturated rings. The first kappa shape index (κ1) is 20.1. The molecule has 0 spiro atoms. The Morgan fingerprint density at radius 1 is 1.06 bits per heavy atom. The van der Waals surface area contributed by atoms with Gasteiger partial charge < -0.3 is 10.5 Å². The Kier molecular flexibility index (Phi) is 5.59. The van der Waals surface area contributed by atoms with E-state index >= 15 is 0 Å². The highest BCUT2D eigenvalue weighted by Gasteiger charge is 2.15. The van der Waals surface area contributed by atoms with Crippen molar-refractivity contribution in [2.75, 3.05) is 12.8 Å². The summed E-state index contributed by atoms with van der Waals surface area (Å²) < 4.78 is 21.3. The fraction of sp³-hybridized carbons (Fsp3) is 0.143. The number of nitrogens with two attached hydrogens (primary N) is 1. The van der Waals surface area contributed by atoms with Gasteiger partial charge in [0.25, 0.3) is 0 Å². The lowest BCUT2D eigenvalue weighted by Crippen LogP contribution is -2.04. The van der Waals surface area contributed by atoms with Gasteiger partial charge in [-0.2, -0.15) is 5.26 Å². The van der Waals surface area contributed by atoms with E-state index < -0.39 is 5.82 Å². The summed E-state index contributed by atoms with van der Waals surface area (Å²) in [6, 6.07) is 13.5.